The highest BCUT2D eigenvalue weighted by Gasteiger charge is 2.48. The van der Waals surface area contributed by atoms with Gasteiger partial charge in [0, 0.05) is 18.8 Å². The number of hydrogen-bond acceptors (Lipinski definition) is 3. The van der Waals surface area contributed by atoms with Crippen LogP contribution in [-0.4, -0.2) is 23.7 Å². The van der Waals surface area contributed by atoms with Crippen molar-refractivity contribution in [3.8, 4) is 0 Å². The Kier molecular flexibility index (Phi) is 3.75. The Morgan fingerprint density at radius 2 is 2.16 bits per heavy atom. The summed E-state index contributed by atoms with van der Waals surface area (Å²) in [5, 5.41) is 2.89. The van der Waals surface area contributed by atoms with E-state index >= 15 is 0 Å². The Bertz CT molecular complexity index is 530. The number of anilines is 1. The van der Waals surface area contributed by atoms with Gasteiger partial charge in [-0.25, -0.2) is 0 Å². The lowest BCUT2D eigenvalue weighted by Crippen LogP contribution is -2.55. The molecule has 104 valence electrons. The molecular weight excluding hydrogens is 244 g/mol. The van der Waals surface area contributed by atoms with E-state index in [0.717, 1.165) is 0 Å². The van der Waals surface area contributed by atoms with Gasteiger partial charge < -0.3 is 14.6 Å². The van der Waals surface area contributed by atoms with Crippen molar-refractivity contribution in [3.63, 3.8) is 0 Å². The molecule has 5 nitrogen and oxygen atoms in total. The number of carbonyl (C=O) groups is 1. The lowest BCUT2D eigenvalue weighted by Gasteiger charge is -2.43. The smallest absolute Gasteiger partial charge is 0.250 e. The number of aromatic nitrogens is 1. The lowest BCUT2D eigenvalue weighted by atomic mass is 9.74. The van der Waals surface area contributed by atoms with Crippen LogP contribution in [0, 0.1) is 11.3 Å². The van der Waals surface area contributed by atoms with E-state index < -0.39 is 5.41 Å². The first-order chi connectivity index (χ1) is 8.99. The van der Waals surface area contributed by atoms with Gasteiger partial charge in [0.15, 0.2) is 0 Å². The van der Waals surface area contributed by atoms with E-state index in [4.69, 9.17) is 4.74 Å². The molecule has 19 heavy (non-hydrogen) atoms. The van der Waals surface area contributed by atoms with Gasteiger partial charge in [-0.1, -0.05) is 13.8 Å². The summed E-state index contributed by atoms with van der Waals surface area (Å²) in [4.78, 5) is 23.9. The Balaban J connectivity index is 2.17. The highest BCUT2D eigenvalue weighted by Crippen LogP contribution is 2.36. The van der Waals surface area contributed by atoms with E-state index in [1.807, 2.05) is 20.8 Å². The molecule has 1 N–H and O–H groups in total. The Labute approximate surface area is 112 Å². The molecule has 5 heteroatoms. The molecule has 0 saturated carbocycles. The van der Waals surface area contributed by atoms with Gasteiger partial charge in [0.1, 0.15) is 0 Å². The van der Waals surface area contributed by atoms with Crippen LogP contribution in [0.15, 0.2) is 23.1 Å². The van der Waals surface area contributed by atoms with Crippen LogP contribution in [-0.2, 0) is 16.1 Å². The van der Waals surface area contributed by atoms with Gasteiger partial charge >= 0.3 is 0 Å². The summed E-state index contributed by atoms with van der Waals surface area (Å²) in [6.45, 7) is 7.45. The van der Waals surface area contributed by atoms with Gasteiger partial charge in [0.05, 0.1) is 24.3 Å². The maximum absolute atomic E-state index is 12.4. The summed E-state index contributed by atoms with van der Waals surface area (Å²) >= 11 is 0. The monoisotopic (exact) mass is 264 g/mol. The van der Waals surface area contributed by atoms with E-state index in [9.17, 15) is 9.59 Å². The number of nitrogens with one attached hydrogen (secondary N) is 1. The van der Waals surface area contributed by atoms with E-state index in [1.165, 1.54) is 6.07 Å². The second-order valence-electron chi connectivity index (χ2n) is 5.30. The number of aryl methyl sites for hydroxylation is 1. The number of nitrogens with zero attached hydrogens (tertiary/aromatic N) is 1. The van der Waals surface area contributed by atoms with Crippen LogP contribution in [0.25, 0.3) is 0 Å². The zero-order valence-electron chi connectivity index (χ0n) is 11.6. The molecule has 0 unspecified atom stereocenters. The van der Waals surface area contributed by atoms with Crippen LogP contribution < -0.4 is 10.9 Å². The van der Waals surface area contributed by atoms with Crippen LogP contribution in [0.3, 0.4) is 0 Å². The van der Waals surface area contributed by atoms with Crippen molar-refractivity contribution in [2.45, 2.75) is 27.3 Å². The molecule has 0 bridgehead atoms. The molecule has 0 aromatic carbocycles. The fourth-order valence-corrected chi connectivity index (χ4v) is 2.16. The molecule has 1 fully saturated rings. The normalized spacial score (nSPS) is 17.1. The second-order valence-corrected chi connectivity index (χ2v) is 5.30. The number of carbonyl (C=O) groups excluding carboxylic acids is 1. The van der Waals surface area contributed by atoms with Crippen molar-refractivity contribution < 1.29 is 9.53 Å². The van der Waals surface area contributed by atoms with E-state index in [2.05, 4.69) is 5.32 Å². The summed E-state index contributed by atoms with van der Waals surface area (Å²) in [6, 6.07) is 3.11. The zero-order valence-corrected chi connectivity index (χ0v) is 11.6. The van der Waals surface area contributed by atoms with Gasteiger partial charge in [0.2, 0.25) is 5.91 Å². The molecule has 1 aliphatic rings. The van der Waals surface area contributed by atoms with Gasteiger partial charge in [0.25, 0.3) is 5.56 Å². The van der Waals surface area contributed by atoms with Crippen molar-refractivity contribution in [2.24, 2.45) is 11.3 Å². The number of hydrogen-bond donors (Lipinski definition) is 1. The van der Waals surface area contributed by atoms with Crippen LogP contribution >= 0.6 is 0 Å². The minimum Gasteiger partial charge on any atom is -0.379 e. The topological polar surface area (TPSA) is 60.3 Å². The molecule has 2 heterocycles. The largest absolute Gasteiger partial charge is 0.379 e. The third kappa shape index (κ3) is 2.42. The standard InChI is InChI=1S/C14H20N2O3/c1-4-16-7-11(5-6-12(16)17)15-13(18)14(10(2)3)8-19-9-14/h5-7,10H,4,8-9H2,1-3H3,(H,15,18). The molecule has 0 radical (unpaired) electrons. The third-order valence-electron chi connectivity index (χ3n) is 3.86. The molecule has 1 saturated heterocycles. The van der Waals surface area contributed by atoms with Crippen molar-refractivity contribution in [2.75, 3.05) is 18.5 Å². The van der Waals surface area contributed by atoms with Crippen molar-refractivity contribution in [1.82, 2.24) is 4.57 Å². The molecule has 1 aromatic heterocycles. The average molecular weight is 264 g/mol. The SMILES string of the molecule is CCn1cc(NC(=O)C2(C(C)C)COC2)ccc1=O. The highest BCUT2D eigenvalue weighted by atomic mass is 16.5. The summed E-state index contributed by atoms with van der Waals surface area (Å²) in [5.74, 6) is 0.188. The van der Waals surface area contributed by atoms with Crippen LogP contribution in [0.5, 0.6) is 0 Å². The molecule has 0 spiro atoms. The van der Waals surface area contributed by atoms with Gasteiger partial charge in [-0.05, 0) is 18.9 Å². The molecule has 0 atom stereocenters. The predicted octanol–water partition coefficient (Wildman–Crippen LogP) is 1.48. The Morgan fingerprint density at radius 1 is 1.47 bits per heavy atom. The first-order valence-electron chi connectivity index (χ1n) is 6.59. The van der Waals surface area contributed by atoms with Crippen molar-refractivity contribution >= 4 is 11.6 Å². The zero-order chi connectivity index (χ0) is 14.0. The van der Waals surface area contributed by atoms with Gasteiger partial charge in [-0.3, -0.25) is 9.59 Å². The summed E-state index contributed by atoms with van der Waals surface area (Å²) in [7, 11) is 0. The molecule has 0 aliphatic carbocycles. The highest BCUT2D eigenvalue weighted by molar-refractivity contribution is 5.96. The Morgan fingerprint density at radius 3 is 2.63 bits per heavy atom. The van der Waals surface area contributed by atoms with Crippen molar-refractivity contribution in [3.05, 3.63) is 28.7 Å². The number of ether oxygens (including phenoxy) is 1. The van der Waals surface area contributed by atoms with E-state index in [0.29, 0.717) is 25.4 Å². The van der Waals surface area contributed by atoms with Crippen LogP contribution in [0.2, 0.25) is 0 Å². The molecular formula is C14H20N2O3. The van der Waals surface area contributed by atoms with Gasteiger partial charge in [-0.15, -0.1) is 0 Å². The quantitative estimate of drug-likeness (QED) is 0.896. The summed E-state index contributed by atoms with van der Waals surface area (Å²) in [5.41, 5.74) is 0.150. The van der Waals surface area contributed by atoms with Crippen molar-refractivity contribution in [1.29, 1.82) is 0 Å². The number of rotatable bonds is 4. The Hall–Kier alpha value is -1.62. The predicted molar refractivity (Wildman–Crippen MR) is 73.1 cm³/mol. The first kappa shape index (κ1) is 13.8. The summed E-state index contributed by atoms with van der Waals surface area (Å²) < 4.78 is 6.77. The fourth-order valence-electron chi connectivity index (χ4n) is 2.16. The van der Waals surface area contributed by atoms with E-state index in [1.54, 1.807) is 16.8 Å². The minimum absolute atomic E-state index is 0.0324. The van der Waals surface area contributed by atoms with E-state index in [-0.39, 0.29) is 17.4 Å². The third-order valence-corrected chi connectivity index (χ3v) is 3.86. The maximum Gasteiger partial charge on any atom is 0.250 e. The minimum atomic E-state index is -0.437. The summed E-state index contributed by atoms with van der Waals surface area (Å²) in [6.07, 6.45) is 1.67. The molecule has 2 rings (SSSR count). The lowest BCUT2D eigenvalue weighted by molar-refractivity contribution is -0.166. The molecule has 1 amide bonds. The first-order valence-corrected chi connectivity index (χ1v) is 6.59. The van der Waals surface area contributed by atoms with Crippen LogP contribution in [0.1, 0.15) is 20.8 Å². The average Bonchev–Trinajstić information content (AvgIpc) is 2.29. The molecule has 1 aliphatic heterocycles. The molecule has 1 aromatic rings. The van der Waals surface area contributed by atoms with Gasteiger partial charge in [-0.2, -0.15) is 0 Å². The maximum atomic E-state index is 12.4. The number of amides is 1. The number of pyridine rings is 1. The second kappa shape index (κ2) is 5.17. The van der Waals surface area contributed by atoms with Crippen LogP contribution in [0.4, 0.5) is 5.69 Å². The fraction of sp³-hybridized carbons (Fsp3) is 0.571.